The average molecular weight is 330 g/mol. The SMILES string of the molecule is Cc1ccccc1CNC(=O)CN1CCOC(c2nnnn2C)C1. The molecule has 8 heteroatoms. The van der Waals surface area contributed by atoms with Crippen molar-refractivity contribution in [2.24, 2.45) is 7.05 Å². The molecule has 1 aromatic heterocycles. The molecule has 0 aliphatic carbocycles. The van der Waals surface area contributed by atoms with Crippen LogP contribution in [0.2, 0.25) is 0 Å². The van der Waals surface area contributed by atoms with Crippen LogP contribution in [-0.2, 0) is 23.1 Å². The van der Waals surface area contributed by atoms with Gasteiger partial charge in [-0.25, -0.2) is 4.68 Å². The second kappa shape index (κ2) is 7.50. The summed E-state index contributed by atoms with van der Waals surface area (Å²) >= 11 is 0. The summed E-state index contributed by atoms with van der Waals surface area (Å²) in [5, 5.41) is 14.4. The Balaban J connectivity index is 1.51. The lowest BCUT2D eigenvalue weighted by molar-refractivity contribution is -0.124. The Hall–Kier alpha value is -2.32. The fourth-order valence-electron chi connectivity index (χ4n) is 2.77. The molecule has 1 fully saturated rings. The lowest BCUT2D eigenvalue weighted by atomic mass is 10.1. The summed E-state index contributed by atoms with van der Waals surface area (Å²) < 4.78 is 7.33. The third-order valence-electron chi connectivity index (χ3n) is 4.20. The zero-order valence-electron chi connectivity index (χ0n) is 14.0. The van der Waals surface area contributed by atoms with E-state index in [2.05, 4.69) is 25.7 Å². The summed E-state index contributed by atoms with van der Waals surface area (Å²) in [6.45, 7) is 4.82. The van der Waals surface area contributed by atoms with Gasteiger partial charge < -0.3 is 10.1 Å². The number of aryl methyl sites for hydroxylation is 2. The van der Waals surface area contributed by atoms with E-state index in [9.17, 15) is 4.79 Å². The van der Waals surface area contributed by atoms with Crippen molar-refractivity contribution in [3.8, 4) is 0 Å². The van der Waals surface area contributed by atoms with E-state index in [1.165, 1.54) is 5.56 Å². The number of nitrogens with zero attached hydrogens (tertiary/aromatic N) is 5. The fraction of sp³-hybridized carbons (Fsp3) is 0.500. The van der Waals surface area contributed by atoms with Gasteiger partial charge in [-0.2, -0.15) is 0 Å². The van der Waals surface area contributed by atoms with E-state index < -0.39 is 0 Å². The van der Waals surface area contributed by atoms with Gasteiger partial charge in [-0.3, -0.25) is 9.69 Å². The maximum absolute atomic E-state index is 12.2. The van der Waals surface area contributed by atoms with Gasteiger partial charge in [0.05, 0.1) is 13.2 Å². The van der Waals surface area contributed by atoms with Crippen LogP contribution in [0, 0.1) is 6.92 Å². The molecule has 1 atom stereocenters. The van der Waals surface area contributed by atoms with Crippen LogP contribution in [0.1, 0.15) is 23.1 Å². The van der Waals surface area contributed by atoms with E-state index in [-0.39, 0.29) is 12.0 Å². The summed E-state index contributed by atoms with van der Waals surface area (Å²) in [7, 11) is 1.78. The molecule has 3 rings (SSSR count). The van der Waals surface area contributed by atoms with Crippen LogP contribution in [0.4, 0.5) is 0 Å². The van der Waals surface area contributed by atoms with Crippen molar-refractivity contribution < 1.29 is 9.53 Å². The number of aromatic nitrogens is 4. The number of benzene rings is 1. The number of nitrogens with one attached hydrogen (secondary N) is 1. The highest BCUT2D eigenvalue weighted by atomic mass is 16.5. The molecule has 128 valence electrons. The molecule has 2 heterocycles. The molecule has 8 nitrogen and oxygen atoms in total. The zero-order valence-corrected chi connectivity index (χ0v) is 14.0. The number of morpholine rings is 1. The van der Waals surface area contributed by atoms with Crippen molar-refractivity contribution in [3.05, 3.63) is 41.2 Å². The van der Waals surface area contributed by atoms with E-state index in [1.54, 1.807) is 11.7 Å². The first-order chi connectivity index (χ1) is 11.6. The van der Waals surface area contributed by atoms with Gasteiger partial charge in [-0.05, 0) is 28.5 Å². The summed E-state index contributed by atoms with van der Waals surface area (Å²) in [4.78, 5) is 14.3. The molecule has 1 unspecified atom stereocenters. The number of rotatable bonds is 5. The first-order valence-corrected chi connectivity index (χ1v) is 8.01. The highest BCUT2D eigenvalue weighted by molar-refractivity contribution is 5.78. The molecule has 24 heavy (non-hydrogen) atoms. The molecule has 1 aliphatic heterocycles. The molecule has 0 spiro atoms. The van der Waals surface area contributed by atoms with Gasteiger partial charge in [0, 0.05) is 26.7 Å². The van der Waals surface area contributed by atoms with Gasteiger partial charge in [-0.1, -0.05) is 24.3 Å². The summed E-state index contributed by atoms with van der Waals surface area (Å²) in [6, 6.07) is 8.05. The van der Waals surface area contributed by atoms with Crippen LogP contribution in [0.25, 0.3) is 0 Å². The third-order valence-corrected chi connectivity index (χ3v) is 4.20. The minimum absolute atomic E-state index is 0.00925. The zero-order chi connectivity index (χ0) is 16.9. The van der Waals surface area contributed by atoms with Gasteiger partial charge >= 0.3 is 0 Å². The number of hydrogen-bond donors (Lipinski definition) is 1. The standard InChI is InChI=1S/C16H22N6O2/c1-12-5-3-4-6-13(12)9-17-15(23)11-22-7-8-24-14(10-22)16-18-19-20-21(16)2/h3-6,14H,7-11H2,1-2H3,(H,17,23). The van der Waals surface area contributed by atoms with Crippen molar-refractivity contribution in [1.29, 1.82) is 0 Å². The van der Waals surface area contributed by atoms with Gasteiger partial charge in [0.15, 0.2) is 5.82 Å². The van der Waals surface area contributed by atoms with Crippen LogP contribution in [-0.4, -0.2) is 57.3 Å². The molecule has 0 bridgehead atoms. The molecule has 2 aromatic rings. The van der Waals surface area contributed by atoms with Crippen molar-refractivity contribution in [3.63, 3.8) is 0 Å². The predicted molar refractivity (Wildman–Crippen MR) is 87.0 cm³/mol. The second-order valence-corrected chi connectivity index (χ2v) is 5.96. The highest BCUT2D eigenvalue weighted by Crippen LogP contribution is 2.18. The number of amides is 1. The quantitative estimate of drug-likeness (QED) is 0.843. The van der Waals surface area contributed by atoms with Crippen LogP contribution >= 0.6 is 0 Å². The smallest absolute Gasteiger partial charge is 0.234 e. The van der Waals surface area contributed by atoms with Crippen molar-refractivity contribution in [1.82, 2.24) is 30.4 Å². The lowest BCUT2D eigenvalue weighted by Crippen LogP contribution is -2.44. The molecule has 0 radical (unpaired) electrons. The molecule has 0 saturated carbocycles. The number of tetrazole rings is 1. The Kier molecular flexibility index (Phi) is 5.17. The van der Waals surface area contributed by atoms with Crippen molar-refractivity contribution in [2.45, 2.75) is 19.6 Å². The topological polar surface area (TPSA) is 85.2 Å². The molecule has 1 saturated heterocycles. The van der Waals surface area contributed by atoms with E-state index in [0.29, 0.717) is 32.1 Å². The Morgan fingerprint density at radius 3 is 3.00 bits per heavy atom. The van der Waals surface area contributed by atoms with Gasteiger partial charge in [-0.15, -0.1) is 5.10 Å². The molecule has 1 N–H and O–H groups in total. The number of carbonyl (C=O) groups excluding carboxylic acids is 1. The average Bonchev–Trinajstić information content (AvgIpc) is 3.00. The highest BCUT2D eigenvalue weighted by Gasteiger charge is 2.27. The predicted octanol–water partition coefficient (Wildman–Crippen LogP) is 0.208. The van der Waals surface area contributed by atoms with Crippen LogP contribution < -0.4 is 5.32 Å². The van der Waals surface area contributed by atoms with Gasteiger partial charge in [0.2, 0.25) is 5.91 Å². The fourth-order valence-corrected chi connectivity index (χ4v) is 2.77. The molecule has 1 aliphatic rings. The van der Waals surface area contributed by atoms with E-state index in [0.717, 1.165) is 12.1 Å². The minimum atomic E-state index is -0.206. The second-order valence-electron chi connectivity index (χ2n) is 5.96. The first kappa shape index (κ1) is 16.5. The monoisotopic (exact) mass is 330 g/mol. The normalized spacial score (nSPS) is 18.5. The molecular formula is C16H22N6O2. The Morgan fingerprint density at radius 2 is 2.25 bits per heavy atom. The maximum Gasteiger partial charge on any atom is 0.234 e. The molecular weight excluding hydrogens is 308 g/mol. The number of carbonyl (C=O) groups is 1. The van der Waals surface area contributed by atoms with Crippen molar-refractivity contribution in [2.75, 3.05) is 26.2 Å². The van der Waals surface area contributed by atoms with E-state index in [4.69, 9.17) is 4.74 Å². The Labute approximate surface area is 140 Å². The largest absolute Gasteiger partial charge is 0.367 e. The maximum atomic E-state index is 12.2. The summed E-state index contributed by atoms with van der Waals surface area (Å²) in [5.74, 6) is 0.690. The first-order valence-electron chi connectivity index (χ1n) is 8.01. The van der Waals surface area contributed by atoms with Gasteiger partial charge in [0.25, 0.3) is 0 Å². The number of ether oxygens (including phenoxy) is 1. The summed E-state index contributed by atoms with van der Waals surface area (Å²) in [5.41, 5.74) is 2.31. The molecule has 1 amide bonds. The third kappa shape index (κ3) is 3.95. The van der Waals surface area contributed by atoms with Crippen LogP contribution in [0.5, 0.6) is 0 Å². The lowest BCUT2D eigenvalue weighted by Gasteiger charge is -2.31. The van der Waals surface area contributed by atoms with Gasteiger partial charge in [0.1, 0.15) is 6.10 Å². The summed E-state index contributed by atoms with van der Waals surface area (Å²) in [6.07, 6.45) is -0.206. The van der Waals surface area contributed by atoms with Crippen LogP contribution in [0.3, 0.4) is 0 Å². The Morgan fingerprint density at radius 1 is 1.42 bits per heavy atom. The minimum Gasteiger partial charge on any atom is -0.367 e. The van der Waals surface area contributed by atoms with E-state index >= 15 is 0 Å². The number of hydrogen-bond acceptors (Lipinski definition) is 6. The van der Waals surface area contributed by atoms with Crippen LogP contribution in [0.15, 0.2) is 24.3 Å². The van der Waals surface area contributed by atoms with Crippen molar-refractivity contribution >= 4 is 5.91 Å². The molecule has 1 aromatic carbocycles. The Bertz CT molecular complexity index is 701. The van der Waals surface area contributed by atoms with E-state index in [1.807, 2.05) is 31.2 Å².